The largest absolute Gasteiger partial charge is 0.382 e. The number of anilines is 1. The van der Waals surface area contributed by atoms with Gasteiger partial charge in [0, 0.05) is 6.20 Å². The van der Waals surface area contributed by atoms with Crippen LogP contribution in [0.5, 0.6) is 0 Å². The van der Waals surface area contributed by atoms with Crippen LogP contribution in [-0.2, 0) is 6.54 Å². The first kappa shape index (κ1) is 7.05. The minimum absolute atomic E-state index is 0.304. The summed E-state index contributed by atoms with van der Waals surface area (Å²) in [5.74, 6) is 1.02. The van der Waals surface area contributed by atoms with Gasteiger partial charge in [0.25, 0.3) is 0 Å². The van der Waals surface area contributed by atoms with E-state index in [0.29, 0.717) is 18.2 Å². The third kappa shape index (κ3) is 0.911. The van der Waals surface area contributed by atoms with Crippen LogP contribution in [0.4, 0.5) is 5.82 Å². The smallest absolute Gasteiger partial charge is 0.165 e. The molecule has 0 aromatic carbocycles. The van der Waals surface area contributed by atoms with Gasteiger partial charge in [-0.3, -0.25) is 0 Å². The highest BCUT2D eigenvalue weighted by molar-refractivity contribution is 5.64. The summed E-state index contributed by atoms with van der Waals surface area (Å²) in [6, 6.07) is 3.72. The molecule has 2 aromatic rings. The minimum Gasteiger partial charge on any atom is -0.382 e. The Kier molecular flexibility index (Phi) is 1.44. The predicted octanol–water partition coefficient (Wildman–Crippen LogP) is -0.230. The van der Waals surface area contributed by atoms with Crippen molar-refractivity contribution < 1.29 is 0 Å². The van der Waals surface area contributed by atoms with Gasteiger partial charge in [0.1, 0.15) is 5.52 Å². The lowest BCUT2D eigenvalue weighted by atomic mass is 10.5. The predicted molar refractivity (Wildman–Crippen MR) is 45.3 cm³/mol. The zero-order valence-corrected chi connectivity index (χ0v) is 6.44. The van der Waals surface area contributed by atoms with E-state index >= 15 is 0 Å². The Bertz CT molecular complexity index is 405. The van der Waals surface area contributed by atoms with E-state index in [1.165, 1.54) is 0 Å². The molecule has 0 spiro atoms. The van der Waals surface area contributed by atoms with Crippen molar-refractivity contribution in [2.45, 2.75) is 6.54 Å². The molecule has 0 bridgehead atoms. The molecule has 5 nitrogen and oxygen atoms in total. The molecule has 0 aliphatic rings. The second kappa shape index (κ2) is 2.46. The highest BCUT2D eigenvalue weighted by Crippen LogP contribution is 2.09. The molecular formula is C7H9N5. The molecular weight excluding hydrogens is 154 g/mol. The summed E-state index contributed by atoms with van der Waals surface area (Å²) >= 11 is 0. The van der Waals surface area contributed by atoms with Gasteiger partial charge in [-0.2, -0.15) is 5.10 Å². The zero-order chi connectivity index (χ0) is 8.55. The number of rotatable bonds is 1. The van der Waals surface area contributed by atoms with Gasteiger partial charge < -0.3 is 11.5 Å². The first-order valence-electron chi connectivity index (χ1n) is 3.61. The third-order valence-electron chi connectivity index (χ3n) is 1.65. The van der Waals surface area contributed by atoms with E-state index in [0.717, 1.165) is 5.52 Å². The second-order valence-corrected chi connectivity index (χ2v) is 2.46. The minimum atomic E-state index is 0.304. The lowest BCUT2D eigenvalue weighted by Crippen LogP contribution is -2.09. The van der Waals surface area contributed by atoms with Crippen molar-refractivity contribution >= 4 is 11.3 Å². The summed E-state index contributed by atoms with van der Waals surface area (Å²) in [6.45, 7) is 0.304. The van der Waals surface area contributed by atoms with E-state index in [9.17, 15) is 0 Å². The quantitative estimate of drug-likeness (QED) is 0.608. The molecule has 0 atom stereocenters. The van der Waals surface area contributed by atoms with E-state index in [4.69, 9.17) is 11.5 Å². The first-order chi connectivity index (χ1) is 5.81. The fraction of sp³-hybridized carbons (Fsp3) is 0.143. The van der Waals surface area contributed by atoms with Crippen LogP contribution in [-0.4, -0.2) is 14.6 Å². The van der Waals surface area contributed by atoms with Gasteiger partial charge in [-0.25, -0.2) is 9.50 Å². The summed E-state index contributed by atoms with van der Waals surface area (Å²) in [4.78, 5) is 4.01. The Balaban J connectivity index is 2.75. The molecule has 2 aromatic heterocycles. The van der Waals surface area contributed by atoms with Gasteiger partial charge in [-0.1, -0.05) is 0 Å². The fourth-order valence-corrected chi connectivity index (χ4v) is 1.09. The first-order valence-corrected chi connectivity index (χ1v) is 3.61. The van der Waals surface area contributed by atoms with Crippen LogP contribution in [0.3, 0.4) is 0 Å². The van der Waals surface area contributed by atoms with Gasteiger partial charge in [0.05, 0.1) is 6.54 Å². The molecule has 4 N–H and O–H groups in total. The SMILES string of the molecule is NCc1nc(N)c2cccn2n1. The normalized spacial score (nSPS) is 10.8. The van der Waals surface area contributed by atoms with Gasteiger partial charge in [-0.15, -0.1) is 0 Å². The summed E-state index contributed by atoms with van der Waals surface area (Å²) in [5, 5.41) is 4.12. The van der Waals surface area contributed by atoms with Gasteiger partial charge in [0.2, 0.25) is 0 Å². The number of fused-ring (bicyclic) bond motifs is 1. The molecule has 0 radical (unpaired) electrons. The van der Waals surface area contributed by atoms with Crippen LogP contribution in [0.1, 0.15) is 5.82 Å². The Labute approximate surface area is 69.0 Å². The molecule has 0 fully saturated rings. The number of nitrogens with zero attached hydrogens (tertiary/aromatic N) is 3. The molecule has 5 heteroatoms. The van der Waals surface area contributed by atoms with Crippen LogP contribution in [0.2, 0.25) is 0 Å². The number of nitrogen functional groups attached to an aromatic ring is 1. The van der Waals surface area contributed by atoms with Crippen molar-refractivity contribution in [3.05, 3.63) is 24.2 Å². The number of aromatic nitrogens is 3. The highest BCUT2D eigenvalue weighted by Gasteiger charge is 2.01. The van der Waals surface area contributed by atoms with E-state index in [1.54, 1.807) is 4.52 Å². The van der Waals surface area contributed by atoms with Crippen molar-refractivity contribution in [3.8, 4) is 0 Å². The van der Waals surface area contributed by atoms with E-state index in [2.05, 4.69) is 10.1 Å². The van der Waals surface area contributed by atoms with E-state index in [-0.39, 0.29) is 0 Å². The van der Waals surface area contributed by atoms with Gasteiger partial charge >= 0.3 is 0 Å². The Morgan fingerprint density at radius 1 is 1.50 bits per heavy atom. The monoisotopic (exact) mass is 163 g/mol. The zero-order valence-electron chi connectivity index (χ0n) is 6.44. The van der Waals surface area contributed by atoms with Crippen molar-refractivity contribution in [3.63, 3.8) is 0 Å². The Morgan fingerprint density at radius 2 is 2.33 bits per heavy atom. The van der Waals surface area contributed by atoms with Crippen molar-refractivity contribution in [2.24, 2.45) is 5.73 Å². The lowest BCUT2D eigenvalue weighted by Gasteiger charge is -2.00. The standard InChI is InChI=1S/C7H9N5/c8-4-6-10-7(9)5-2-1-3-12(5)11-6/h1-3H,4,8H2,(H2,9,10,11). The fourth-order valence-electron chi connectivity index (χ4n) is 1.09. The van der Waals surface area contributed by atoms with Crippen LogP contribution in [0.15, 0.2) is 18.3 Å². The summed E-state index contributed by atoms with van der Waals surface area (Å²) in [7, 11) is 0. The molecule has 0 saturated carbocycles. The summed E-state index contributed by atoms with van der Waals surface area (Å²) in [6.07, 6.45) is 1.81. The van der Waals surface area contributed by atoms with Crippen LogP contribution in [0, 0.1) is 0 Å². The molecule has 0 saturated heterocycles. The third-order valence-corrected chi connectivity index (χ3v) is 1.65. The van der Waals surface area contributed by atoms with E-state index < -0.39 is 0 Å². The summed E-state index contributed by atoms with van der Waals surface area (Å²) in [5.41, 5.74) is 11.8. The number of hydrogen-bond acceptors (Lipinski definition) is 4. The molecule has 12 heavy (non-hydrogen) atoms. The maximum Gasteiger partial charge on any atom is 0.165 e. The summed E-state index contributed by atoms with van der Waals surface area (Å²) < 4.78 is 1.67. The Hall–Kier alpha value is -1.62. The maximum absolute atomic E-state index is 5.65. The van der Waals surface area contributed by atoms with Crippen LogP contribution >= 0.6 is 0 Å². The average Bonchev–Trinajstić information content (AvgIpc) is 2.52. The van der Waals surface area contributed by atoms with Crippen LogP contribution in [0.25, 0.3) is 5.52 Å². The van der Waals surface area contributed by atoms with Crippen LogP contribution < -0.4 is 11.5 Å². The number of hydrogen-bond donors (Lipinski definition) is 2. The molecule has 2 rings (SSSR count). The average molecular weight is 163 g/mol. The lowest BCUT2D eigenvalue weighted by molar-refractivity contribution is 0.803. The topological polar surface area (TPSA) is 82.2 Å². The number of nitrogens with two attached hydrogens (primary N) is 2. The molecule has 0 amide bonds. The van der Waals surface area contributed by atoms with Gasteiger partial charge in [-0.05, 0) is 12.1 Å². The van der Waals surface area contributed by atoms with Gasteiger partial charge in [0.15, 0.2) is 11.6 Å². The Morgan fingerprint density at radius 3 is 3.08 bits per heavy atom. The van der Waals surface area contributed by atoms with Crippen molar-refractivity contribution in [2.75, 3.05) is 5.73 Å². The highest BCUT2D eigenvalue weighted by atomic mass is 15.3. The second-order valence-electron chi connectivity index (χ2n) is 2.46. The van der Waals surface area contributed by atoms with Crippen molar-refractivity contribution in [1.82, 2.24) is 14.6 Å². The molecule has 0 aliphatic heterocycles. The molecule has 0 unspecified atom stereocenters. The van der Waals surface area contributed by atoms with E-state index in [1.807, 2.05) is 18.3 Å². The maximum atomic E-state index is 5.65. The molecule has 62 valence electrons. The molecule has 0 aliphatic carbocycles. The van der Waals surface area contributed by atoms with Crippen molar-refractivity contribution in [1.29, 1.82) is 0 Å². The molecule has 2 heterocycles.